The molecule has 4 N–H and O–H groups in total. The van der Waals surface area contributed by atoms with Gasteiger partial charge in [0.2, 0.25) is 0 Å². The smallest absolute Gasteiger partial charge is 0.189 e. The number of nitrogens with two attached hydrogens (primary N) is 1. The first-order chi connectivity index (χ1) is 12.6. The Labute approximate surface area is 155 Å². The van der Waals surface area contributed by atoms with Crippen LogP contribution in [0.5, 0.6) is 0 Å². The van der Waals surface area contributed by atoms with E-state index in [1.54, 1.807) is 11.3 Å². The topological polar surface area (TPSA) is 88.8 Å². The molecule has 0 bridgehead atoms. The number of nitrogens with one attached hydrogen (secondary N) is 2. The first-order valence-corrected chi connectivity index (χ1v) is 8.98. The van der Waals surface area contributed by atoms with Crippen LogP contribution in [0, 0.1) is 13.8 Å². The van der Waals surface area contributed by atoms with Crippen molar-refractivity contribution in [2.75, 3.05) is 16.4 Å². The van der Waals surface area contributed by atoms with Gasteiger partial charge >= 0.3 is 0 Å². The molecule has 0 amide bonds. The summed E-state index contributed by atoms with van der Waals surface area (Å²) in [4.78, 5) is 13.1. The number of benzene rings is 2. The molecule has 0 saturated carbocycles. The quantitative estimate of drug-likeness (QED) is 0.484. The van der Waals surface area contributed by atoms with Gasteiger partial charge in [-0.25, -0.2) is 15.0 Å². The molecule has 4 rings (SSSR count). The normalized spacial score (nSPS) is 10.8. The Kier molecular flexibility index (Phi) is 4.14. The molecule has 26 heavy (non-hydrogen) atoms. The lowest BCUT2D eigenvalue weighted by Crippen LogP contribution is -2.05. The van der Waals surface area contributed by atoms with Crippen molar-refractivity contribution in [2.24, 2.45) is 0 Å². The molecule has 2 aromatic carbocycles. The third-order valence-corrected chi connectivity index (χ3v) is 4.87. The van der Waals surface area contributed by atoms with Crippen LogP contribution in [-0.4, -0.2) is 15.0 Å². The fourth-order valence-corrected chi connectivity index (χ4v) is 3.60. The van der Waals surface area contributed by atoms with Gasteiger partial charge in [0, 0.05) is 5.69 Å². The first kappa shape index (κ1) is 16.3. The standard InChI is InChI=1S/C19H18N6S/c1-11-4-3-5-13(8-11)23-17-16(20)18(22-10-21-17)25-19-24-14-7-6-12(2)9-15(14)26-19/h3-10H,20H2,1-2H3,(H2,21,22,23,24,25). The Bertz CT molecular complexity index is 1090. The lowest BCUT2D eigenvalue weighted by molar-refractivity contribution is 1.17. The molecule has 0 aliphatic heterocycles. The number of rotatable bonds is 4. The van der Waals surface area contributed by atoms with Gasteiger partial charge in [0.05, 0.1) is 10.2 Å². The summed E-state index contributed by atoms with van der Waals surface area (Å²) < 4.78 is 1.12. The Morgan fingerprint density at radius 3 is 2.50 bits per heavy atom. The largest absolute Gasteiger partial charge is 0.393 e. The summed E-state index contributed by atoms with van der Waals surface area (Å²) in [6, 6.07) is 14.2. The van der Waals surface area contributed by atoms with Gasteiger partial charge in [-0.1, -0.05) is 29.5 Å². The third-order valence-electron chi connectivity index (χ3n) is 3.93. The molecule has 2 heterocycles. The van der Waals surface area contributed by atoms with Crippen LogP contribution < -0.4 is 16.4 Å². The van der Waals surface area contributed by atoms with Crippen molar-refractivity contribution in [3.8, 4) is 0 Å². The minimum absolute atomic E-state index is 0.449. The van der Waals surface area contributed by atoms with Gasteiger partial charge in [0.1, 0.15) is 12.0 Å². The summed E-state index contributed by atoms with van der Waals surface area (Å²) in [7, 11) is 0. The highest BCUT2D eigenvalue weighted by Crippen LogP contribution is 2.32. The SMILES string of the molecule is Cc1cccc(Nc2ncnc(Nc3nc4ccc(C)cc4s3)c2N)c1. The molecule has 0 spiro atoms. The molecule has 2 aromatic heterocycles. The molecular weight excluding hydrogens is 344 g/mol. The van der Waals surface area contributed by atoms with Crippen LogP contribution in [0.15, 0.2) is 48.8 Å². The molecule has 0 radical (unpaired) electrons. The highest BCUT2D eigenvalue weighted by molar-refractivity contribution is 7.22. The monoisotopic (exact) mass is 362 g/mol. The number of aryl methyl sites for hydroxylation is 2. The number of nitrogens with zero attached hydrogens (tertiary/aromatic N) is 3. The molecule has 0 fully saturated rings. The summed E-state index contributed by atoms with van der Waals surface area (Å²) in [5, 5.41) is 7.20. The number of hydrogen-bond donors (Lipinski definition) is 3. The van der Waals surface area contributed by atoms with Crippen LogP contribution in [-0.2, 0) is 0 Å². The Morgan fingerprint density at radius 2 is 1.69 bits per heavy atom. The predicted octanol–water partition coefficient (Wildman–Crippen LogP) is 4.77. The van der Waals surface area contributed by atoms with Gasteiger partial charge in [-0.3, -0.25) is 0 Å². The first-order valence-electron chi connectivity index (χ1n) is 8.17. The third kappa shape index (κ3) is 3.29. The maximum absolute atomic E-state index is 6.26. The van der Waals surface area contributed by atoms with E-state index in [0.29, 0.717) is 17.3 Å². The molecule has 7 heteroatoms. The molecule has 6 nitrogen and oxygen atoms in total. The molecule has 0 unspecified atom stereocenters. The summed E-state index contributed by atoms with van der Waals surface area (Å²) >= 11 is 1.57. The minimum Gasteiger partial charge on any atom is -0.393 e. The number of anilines is 5. The number of nitrogen functional groups attached to an aromatic ring is 1. The average Bonchev–Trinajstić information content (AvgIpc) is 3.00. The van der Waals surface area contributed by atoms with Crippen LogP contribution in [0.2, 0.25) is 0 Å². The fourth-order valence-electron chi connectivity index (χ4n) is 2.64. The zero-order chi connectivity index (χ0) is 18.1. The van der Waals surface area contributed by atoms with E-state index in [-0.39, 0.29) is 0 Å². The van der Waals surface area contributed by atoms with E-state index in [4.69, 9.17) is 5.73 Å². The Hall–Kier alpha value is -3.19. The molecule has 130 valence electrons. The van der Waals surface area contributed by atoms with Gasteiger partial charge in [-0.05, 0) is 49.2 Å². The fraction of sp³-hybridized carbons (Fsp3) is 0.105. The molecular formula is C19H18N6S. The highest BCUT2D eigenvalue weighted by Gasteiger charge is 2.11. The summed E-state index contributed by atoms with van der Waals surface area (Å²) in [6.07, 6.45) is 1.48. The zero-order valence-electron chi connectivity index (χ0n) is 14.4. The summed E-state index contributed by atoms with van der Waals surface area (Å²) in [5.41, 5.74) is 11.0. The van der Waals surface area contributed by atoms with Crippen LogP contribution >= 0.6 is 11.3 Å². The zero-order valence-corrected chi connectivity index (χ0v) is 15.3. The molecule has 0 saturated heterocycles. The second-order valence-corrected chi connectivity index (χ2v) is 7.12. The predicted molar refractivity (Wildman–Crippen MR) is 109 cm³/mol. The summed E-state index contributed by atoms with van der Waals surface area (Å²) in [6.45, 7) is 4.11. The van der Waals surface area contributed by atoms with E-state index in [1.807, 2.05) is 37.3 Å². The lowest BCUT2D eigenvalue weighted by atomic mass is 10.2. The number of hydrogen-bond acceptors (Lipinski definition) is 7. The van der Waals surface area contributed by atoms with Gasteiger partial charge in [-0.15, -0.1) is 0 Å². The van der Waals surface area contributed by atoms with E-state index in [0.717, 1.165) is 26.6 Å². The van der Waals surface area contributed by atoms with Crippen molar-refractivity contribution in [3.05, 3.63) is 59.9 Å². The number of thiazole rings is 1. The minimum atomic E-state index is 0.449. The second-order valence-electron chi connectivity index (χ2n) is 6.09. The van der Waals surface area contributed by atoms with Crippen molar-refractivity contribution >= 4 is 49.7 Å². The molecule has 0 atom stereocenters. The van der Waals surface area contributed by atoms with Crippen LogP contribution in [0.4, 0.5) is 28.1 Å². The Balaban J connectivity index is 1.62. The van der Waals surface area contributed by atoms with Gasteiger partial charge in [0.25, 0.3) is 0 Å². The van der Waals surface area contributed by atoms with Crippen molar-refractivity contribution in [1.82, 2.24) is 15.0 Å². The van der Waals surface area contributed by atoms with Crippen LogP contribution in [0.25, 0.3) is 10.2 Å². The average molecular weight is 362 g/mol. The van der Waals surface area contributed by atoms with Crippen molar-refractivity contribution in [2.45, 2.75) is 13.8 Å². The van der Waals surface area contributed by atoms with Crippen LogP contribution in [0.1, 0.15) is 11.1 Å². The van der Waals surface area contributed by atoms with Crippen LogP contribution in [0.3, 0.4) is 0 Å². The van der Waals surface area contributed by atoms with Crippen molar-refractivity contribution in [1.29, 1.82) is 0 Å². The van der Waals surface area contributed by atoms with E-state index in [1.165, 1.54) is 11.9 Å². The Morgan fingerprint density at radius 1 is 0.923 bits per heavy atom. The highest BCUT2D eigenvalue weighted by atomic mass is 32.1. The van der Waals surface area contributed by atoms with E-state index in [2.05, 4.69) is 44.6 Å². The lowest BCUT2D eigenvalue weighted by Gasteiger charge is -2.11. The maximum Gasteiger partial charge on any atom is 0.189 e. The van der Waals surface area contributed by atoms with Crippen molar-refractivity contribution in [3.63, 3.8) is 0 Å². The number of aromatic nitrogens is 3. The van der Waals surface area contributed by atoms with Gasteiger partial charge < -0.3 is 16.4 Å². The number of fused-ring (bicyclic) bond motifs is 1. The van der Waals surface area contributed by atoms with Gasteiger partial charge in [-0.2, -0.15) is 0 Å². The van der Waals surface area contributed by atoms with E-state index < -0.39 is 0 Å². The van der Waals surface area contributed by atoms with E-state index >= 15 is 0 Å². The molecule has 0 aliphatic carbocycles. The maximum atomic E-state index is 6.26. The molecule has 0 aliphatic rings. The van der Waals surface area contributed by atoms with Crippen molar-refractivity contribution < 1.29 is 0 Å². The molecule has 4 aromatic rings. The van der Waals surface area contributed by atoms with Gasteiger partial charge in [0.15, 0.2) is 16.8 Å². The van der Waals surface area contributed by atoms with E-state index in [9.17, 15) is 0 Å². The summed E-state index contributed by atoms with van der Waals surface area (Å²) in [5.74, 6) is 1.09. The second kappa shape index (κ2) is 6.61.